The first kappa shape index (κ1) is 19.4. The van der Waals surface area contributed by atoms with Crippen LogP contribution < -0.4 is 10.1 Å². The number of ketones is 1. The molecule has 0 unspecified atom stereocenters. The smallest absolute Gasteiger partial charge is 0.220 e. The monoisotopic (exact) mass is 389 g/mol. The molecular weight excluding hydrogens is 369 g/mol. The minimum Gasteiger partial charge on any atom is -0.497 e. The minimum absolute atomic E-state index is 0.0531. The van der Waals surface area contributed by atoms with E-state index in [1.54, 1.807) is 24.3 Å². The van der Waals surface area contributed by atoms with E-state index >= 15 is 0 Å². The van der Waals surface area contributed by atoms with Crippen molar-refractivity contribution in [2.24, 2.45) is 5.92 Å². The first-order valence-electron chi connectivity index (χ1n) is 8.82. The van der Waals surface area contributed by atoms with Crippen molar-refractivity contribution in [3.05, 3.63) is 64.4 Å². The number of benzene rings is 2. The number of nitrogens with one attached hydrogen (secondary N) is 1. The van der Waals surface area contributed by atoms with Crippen molar-refractivity contribution in [2.75, 3.05) is 13.7 Å². The molecule has 0 aliphatic carbocycles. The predicted octanol–water partition coefficient (Wildman–Crippen LogP) is 3.91. The third-order valence-electron chi connectivity index (χ3n) is 4.95. The topological polar surface area (TPSA) is 55.4 Å². The van der Waals surface area contributed by atoms with Crippen LogP contribution in [0, 0.1) is 11.7 Å². The molecule has 1 aliphatic heterocycles. The van der Waals surface area contributed by atoms with Crippen molar-refractivity contribution >= 4 is 23.3 Å². The Kier molecular flexibility index (Phi) is 6.11. The second-order valence-electron chi connectivity index (χ2n) is 6.81. The standard InChI is InChI=1S/C21H21ClFNO3/c1-27-17-6-7-18(20(23)10-17)19-11-21(26)24-12-14(19)9-16(25)8-13-2-4-15(22)5-3-13/h2-7,10,14,19H,8-9,11-12H2,1H3,(H,24,26)/t14-,19-/m1/s1. The lowest BCUT2D eigenvalue weighted by Crippen LogP contribution is -2.41. The quantitative estimate of drug-likeness (QED) is 0.815. The van der Waals surface area contributed by atoms with Gasteiger partial charge in [0.1, 0.15) is 17.3 Å². The summed E-state index contributed by atoms with van der Waals surface area (Å²) in [5, 5.41) is 3.42. The summed E-state index contributed by atoms with van der Waals surface area (Å²) >= 11 is 5.87. The average Bonchev–Trinajstić information content (AvgIpc) is 2.65. The fourth-order valence-electron chi connectivity index (χ4n) is 3.53. The van der Waals surface area contributed by atoms with Crippen LogP contribution in [-0.2, 0) is 16.0 Å². The van der Waals surface area contributed by atoms with E-state index in [0.29, 0.717) is 29.3 Å². The summed E-state index contributed by atoms with van der Waals surface area (Å²) in [4.78, 5) is 24.4. The molecule has 2 atom stereocenters. The van der Waals surface area contributed by atoms with Gasteiger partial charge < -0.3 is 10.1 Å². The van der Waals surface area contributed by atoms with Crippen LogP contribution in [0.2, 0.25) is 5.02 Å². The van der Waals surface area contributed by atoms with Gasteiger partial charge in [-0.1, -0.05) is 29.8 Å². The molecule has 0 radical (unpaired) electrons. The number of Topliss-reactive ketones (excluding diaryl/α,β-unsaturated/α-hetero) is 1. The van der Waals surface area contributed by atoms with Crippen LogP contribution in [0.3, 0.4) is 0 Å². The number of halogens is 2. The van der Waals surface area contributed by atoms with Gasteiger partial charge in [-0.2, -0.15) is 0 Å². The lowest BCUT2D eigenvalue weighted by atomic mass is 9.77. The number of rotatable bonds is 6. The zero-order chi connectivity index (χ0) is 19.4. The summed E-state index contributed by atoms with van der Waals surface area (Å²) in [6, 6.07) is 11.8. The first-order chi connectivity index (χ1) is 13.0. The van der Waals surface area contributed by atoms with Crippen LogP contribution in [0.15, 0.2) is 42.5 Å². The third kappa shape index (κ3) is 4.86. The molecule has 0 saturated carbocycles. The lowest BCUT2D eigenvalue weighted by molar-refractivity contribution is -0.125. The van der Waals surface area contributed by atoms with Crippen LogP contribution in [0.4, 0.5) is 4.39 Å². The van der Waals surface area contributed by atoms with Gasteiger partial charge in [-0.05, 0) is 35.2 Å². The van der Waals surface area contributed by atoms with Gasteiger partial charge in [0.15, 0.2) is 0 Å². The number of ether oxygens (including phenoxy) is 1. The van der Waals surface area contributed by atoms with Crippen molar-refractivity contribution in [1.82, 2.24) is 5.32 Å². The van der Waals surface area contributed by atoms with E-state index < -0.39 is 5.82 Å². The van der Waals surface area contributed by atoms with E-state index in [1.165, 1.54) is 13.2 Å². The summed E-state index contributed by atoms with van der Waals surface area (Å²) < 4.78 is 19.6. The molecule has 1 saturated heterocycles. The second kappa shape index (κ2) is 8.53. The highest BCUT2D eigenvalue weighted by Gasteiger charge is 2.33. The van der Waals surface area contributed by atoms with Crippen LogP contribution >= 0.6 is 11.6 Å². The number of hydrogen-bond donors (Lipinski definition) is 1. The van der Waals surface area contributed by atoms with Crippen molar-refractivity contribution in [2.45, 2.75) is 25.2 Å². The Morgan fingerprint density at radius 1 is 1.26 bits per heavy atom. The lowest BCUT2D eigenvalue weighted by Gasteiger charge is -2.32. The molecule has 2 aromatic rings. The van der Waals surface area contributed by atoms with Crippen LogP contribution in [0.25, 0.3) is 0 Å². The van der Waals surface area contributed by atoms with E-state index in [2.05, 4.69) is 5.32 Å². The van der Waals surface area contributed by atoms with Crippen molar-refractivity contribution < 1.29 is 18.7 Å². The maximum atomic E-state index is 14.5. The third-order valence-corrected chi connectivity index (χ3v) is 5.20. The summed E-state index contributed by atoms with van der Waals surface area (Å²) in [5.74, 6) is -0.547. The predicted molar refractivity (Wildman–Crippen MR) is 102 cm³/mol. The largest absolute Gasteiger partial charge is 0.497 e. The Bertz CT molecular complexity index is 838. The zero-order valence-electron chi connectivity index (χ0n) is 15.0. The number of hydrogen-bond acceptors (Lipinski definition) is 3. The highest BCUT2D eigenvalue weighted by atomic mass is 35.5. The zero-order valence-corrected chi connectivity index (χ0v) is 15.8. The Morgan fingerprint density at radius 2 is 2.00 bits per heavy atom. The molecular formula is C21H21ClFNO3. The fourth-order valence-corrected chi connectivity index (χ4v) is 3.66. The first-order valence-corrected chi connectivity index (χ1v) is 9.20. The summed E-state index contributed by atoms with van der Waals surface area (Å²) in [5.41, 5.74) is 1.34. The van der Waals surface area contributed by atoms with Crippen LogP contribution in [0.5, 0.6) is 5.75 Å². The van der Waals surface area contributed by atoms with Crippen molar-refractivity contribution in [3.63, 3.8) is 0 Å². The Hall–Kier alpha value is -2.40. The molecule has 0 spiro atoms. The van der Waals surface area contributed by atoms with E-state index in [4.69, 9.17) is 16.3 Å². The van der Waals surface area contributed by atoms with Crippen LogP contribution in [0.1, 0.15) is 29.9 Å². The molecule has 3 rings (SSSR count). The summed E-state index contributed by atoms with van der Waals surface area (Å²) in [7, 11) is 1.47. The Labute approximate surface area is 162 Å². The number of methoxy groups -OCH3 is 1. The molecule has 1 aliphatic rings. The maximum Gasteiger partial charge on any atom is 0.220 e. The number of amides is 1. The minimum atomic E-state index is -0.413. The summed E-state index contributed by atoms with van der Waals surface area (Å²) in [6.07, 6.45) is 0.737. The van der Waals surface area contributed by atoms with Crippen molar-refractivity contribution in [3.8, 4) is 5.75 Å². The number of piperidine rings is 1. The molecule has 0 aromatic heterocycles. The molecule has 1 amide bonds. The molecule has 142 valence electrons. The summed E-state index contributed by atoms with van der Waals surface area (Å²) in [6.45, 7) is 0.362. The van der Waals surface area contributed by atoms with Gasteiger partial charge in [0.2, 0.25) is 5.91 Å². The molecule has 4 nitrogen and oxygen atoms in total. The fraction of sp³-hybridized carbons (Fsp3) is 0.333. The molecule has 27 heavy (non-hydrogen) atoms. The van der Waals surface area contributed by atoms with Crippen LogP contribution in [-0.4, -0.2) is 25.3 Å². The number of carbonyl (C=O) groups excluding carboxylic acids is 2. The molecule has 1 fully saturated rings. The van der Waals surface area contributed by atoms with Gasteiger partial charge in [-0.15, -0.1) is 0 Å². The molecule has 6 heteroatoms. The van der Waals surface area contributed by atoms with E-state index in [1.807, 2.05) is 12.1 Å². The molecule has 1 heterocycles. The Balaban J connectivity index is 1.74. The van der Waals surface area contributed by atoms with Crippen molar-refractivity contribution in [1.29, 1.82) is 0 Å². The van der Waals surface area contributed by atoms with Gasteiger partial charge in [0.25, 0.3) is 0 Å². The second-order valence-corrected chi connectivity index (χ2v) is 7.24. The normalized spacial score (nSPS) is 19.4. The van der Waals surface area contributed by atoms with E-state index in [0.717, 1.165) is 5.56 Å². The highest BCUT2D eigenvalue weighted by molar-refractivity contribution is 6.30. The van der Waals surface area contributed by atoms with Gasteiger partial charge in [-0.3, -0.25) is 9.59 Å². The number of carbonyl (C=O) groups is 2. The average molecular weight is 390 g/mol. The highest BCUT2D eigenvalue weighted by Crippen LogP contribution is 2.35. The molecule has 1 N–H and O–H groups in total. The van der Waals surface area contributed by atoms with Gasteiger partial charge in [0, 0.05) is 42.8 Å². The van der Waals surface area contributed by atoms with E-state index in [9.17, 15) is 14.0 Å². The van der Waals surface area contributed by atoms with E-state index in [-0.39, 0.29) is 36.4 Å². The van der Waals surface area contributed by atoms with Gasteiger partial charge in [-0.25, -0.2) is 4.39 Å². The molecule has 2 aromatic carbocycles. The molecule has 0 bridgehead atoms. The maximum absolute atomic E-state index is 14.5. The SMILES string of the molecule is COc1ccc([C@@H]2CC(=O)NC[C@H]2CC(=O)Cc2ccc(Cl)cc2)c(F)c1. The Morgan fingerprint density at radius 3 is 2.67 bits per heavy atom. The van der Waals surface area contributed by atoms with Gasteiger partial charge >= 0.3 is 0 Å². The van der Waals surface area contributed by atoms with Gasteiger partial charge in [0.05, 0.1) is 7.11 Å².